The monoisotopic (exact) mass is 442 g/mol. The molecule has 1 aromatic carbocycles. The molecule has 0 spiro atoms. The number of hydrogen-bond donors (Lipinski definition) is 2. The fourth-order valence-electron chi connectivity index (χ4n) is 4.90. The predicted molar refractivity (Wildman–Crippen MR) is 120 cm³/mol. The zero-order valence-electron chi connectivity index (χ0n) is 17.5. The van der Waals surface area contributed by atoms with Crippen molar-refractivity contribution in [2.75, 3.05) is 19.6 Å². The van der Waals surface area contributed by atoms with Crippen LogP contribution in [0.2, 0.25) is 0 Å². The van der Waals surface area contributed by atoms with E-state index in [0.717, 1.165) is 29.0 Å². The van der Waals surface area contributed by atoms with Gasteiger partial charge in [0.25, 0.3) is 5.91 Å². The van der Waals surface area contributed by atoms with Gasteiger partial charge in [-0.05, 0) is 37.7 Å². The van der Waals surface area contributed by atoms with Crippen molar-refractivity contribution in [2.24, 2.45) is 5.92 Å². The van der Waals surface area contributed by atoms with Crippen molar-refractivity contribution in [3.05, 3.63) is 35.3 Å². The first-order valence-corrected chi connectivity index (χ1v) is 12.1. The zero-order valence-corrected chi connectivity index (χ0v) is 18.3. The Bertz CT molecular complexity index is 1050. The van der Waals surface area contributed by atoms with Gasteiger partial charge in [-0.2, -0.15) is 5.10 Å². The number of likely N-dealkylation sites (tertiary alicyclic amines) is 1. The summed E-state index contributed by atoms with van der Waals surface area (Å²) in [7, 11) is 0. The molecule has 1 saturated carbocycles. The maximum absolute atomic E-state index is 14.6. The third-order valence-electron chi connectivity index (χ3n) is 6.59. The number of aromatic nitrogens is 2. The number of hydrogen-bond acceptors (Lipinski definition) is 4. The molecule has 8 heteroatoms. The lowest BCUT2D eigenvalue weighted by Crippen LogP contribution is -2.31. The Morgan fingerprint density at radius 3 is 2.97 bits per heavy atom. The topological polar surface area (TPSA) is 78.1 Å². The maximum atomic E-state index is 14.6. The van der Waals surface area contributed by atoms with E-state index in [1.54, 1.807) is 6.07 Å². The summed E-state index contributed by atoms with van der Waals surface area (Å²) in [5.41, 5.74) is 1.46. The predicted octanol–water partition coefficient (Wildman–Crippen LogP) is 4.09. The van der Waals surface area contributed by atoms with Crippen molar-refractivity contribution in [2.45, 2.75) is 50.2 Å². The minimum Gasteiger partial charge on any atom is -0.352 e. The second-order valence-corrected chi connectivity index (χ2v) is 9.96. The molecule has 3 aliphatic rings. The number of halogens is 1. The molecule has 1 saturated heterocycles. The van der Waals surface area contributed by atoms with Gasteiger partial charge in [0.1, 0.15) is 11.5 Å². The van der Waals surface area contributed by atoms with E-state index in [9.17, 15) is 14.0 Å². The van der Waals surface area contributed by atoms with Crippen LogP contribution in [0.1, 0.15) is 61.0 Å². The van der Waals surface area contributed by atoms with Crippen molar-refractivity contribution < 1.29 is 14.0 Å². The first-order valence-electron chi connectivity index (χ1n) is 11.2. The number of nitrogens with one attached hydrogen (secondary N) is 2. The highest BCUT2D eigenvalue weighted by atomic mass is 32.2. The summed E-state index contributed by atoms with van der Waals surface area (Å²) < 4.78 is 14.6. The summed E-state index contributed by atoms with van der Waals surface area (Å²) >= 11 is 1.87. The maximum Gasteiger partial charge on any atom is 0.254 e. The Morgan fingerprint density at radius 1 is 1.29 bits per heavy atom. The molecule has 2 aliphatic heterocycles. The average Bonchev–Trinajstić information content (AvgIpc) is 3.47. The Balaban J connectivity index is 1.29. The number of H-pyrrole nitrogens is 1. The number of aromatic amines is 1. The van der Waals surface area contributed by atoms with Gasteiger partial charge in [0.2, 0.25) is 5.91 Å². The van der Waals surface area contributed by atoms with E-state index in [-0.39, 0.29) is 11.5 Å². The lowest BCUT2D eigenvalue weighted by atomic mass is 9.88. The van der Waals surface area contributed by atoms with E-state index in [2.05, 4.69) is 21.6 Å². The second-order valence-electron chi connectivity index (χ2n) is 8.68. The quantitative estimate of drug-likeness (QED) is 0.661. The number of rotatable bonds is 6. The van der Waals surface area contributed by atoms with Crippen LogP contribution in [-0.2, 0) is 4.79 Å². The lowest BCUT2D eigenvalue weighted by molar-refractivity contribution is -0.127. The molecule has 2 fully saturated rings. The van der Waals surface area contributed by atoms with Gasteiger partial charge in [0.15, 0.2) is 0 Å². The van der Waals surface area contributed by atoms with Crippen LogP contribution in [0.4, 0.5) is 4.39 Å². The van der Waals surface area contributed by atoms with Crippen LogP contribution in [0.3, 0.4) is 0 Å². The molecule has 2 N–H and O–H groups in total. The standard InChI is InChI=1S/C23H27FN4O2S/c24-17-13-18-16(22(27-26-18)20-11-14-5-1-2-6-19(14)31-20)12-15(17)23(30)25-8-4-10-28-9-3-7-21(28)29/h11-14,19H,1-10H2,(H,25,30)(H,26,27). The number of amides is 2. The summed E-state index contributed by atoms with van der Waals surface area (Å²) in [4.78, 5) is 27.3. The summed E-state index contributed by atoms with van der Waals surface area (Å²) in [6, 6.07) is 2.98. The molecule has 2 atom stereocenters. The molecule has 164 valence electrons. The smallest absolute Gasteiger partial charge is 0.254 e. The van der Waals surface area contributed by atoms with Gasteiger partial charge in [-0.15, -0.1) is 11.8 Å². The molecule has 2 unspecified atom stereocenters. The van der Waals surface area contributed by atoms with Crippen LogP contribution in [0.5, 0.6) is 0 Å². The van der Waals surface area contributed by atoms with Crippen LogP contribution in [0.25, 0.3) is 15.8 Å². The van der Waals surface area contributed by atoms with Crippen molar-refractivity contribution in [3.8, 4) is 0 Å². The molecule has 0 bridgehead atoms. The highest BCUT2D eigenvalue weighted by Crippen LogP contribution is 2.49. The van der Waals surface area contributed by atoms with E-state index in [0.29, 0.717) is 42.6 Å². The van der Waals surface area contributed by atoms with Crippen molar-refractivity contribution >= 4 is 39.4 Å². The molecule has 6 nitrogen and oxygen atoms in total. The van der Waals surface area contributed by atoms with Crippen LogP contribution in [0, 0.1) is 11.7 Å². The van der Waals surface area contributed by atoms with Gasteiger partial charge in [0.05, 0.1) is 11.1 Å². The Morgan fingerprint density at radius 2 is 2.16 bits per heavy atom. The van der Waals surface area contributed by atoms with Gasteiger partial charge >= 0.3 is 0 Å². The van der Waals surface area contributed by atoms with Crippen LogP contribution in [-0.4, -0.2) is 51.8 Å². The number of thioether (sulfide) groups is 1. The van der Waals surface area contributed by atoms with E-state index >= 15 is 0 Å². The molecule has 5 rings (SSSR count). The number of carbonyl (C=O) groups excluding carboxylic acids is 2. The Kier molecular flexibility index (Phi) is 5.73. The summed E-state index contributed by atoms with van der Waals surface area (Å²) in [6.07, 6.45) is 9.47. The van der Waals surface area contributed by atoms with Crippen LogP contribution in [0.15, 0.2) is 18.2 Å². The highest BCUT2D eigenvalue weighted by molar-refractivity contribution is 8.09. The van der Waals surface area contributed by atoms with Crippen molar-refractivity contribution in [1.29, 1.82) is 0 Å². The first-order chi connectivity index (χ1) is 15.1. The summed E-state index contributed by atoms with van der Waals surface area (Å²) in [5.74, 6) is -0.224. The van der Waals surface area contributed by atoms with Crippen molar-refractivity contribution in [1.82, 2.24) is 20.4 Å². The molecule has 2 amide bonds. The van der Waals surface area contributed by atoms with E-state index in [1.165, 1.54) is 31.7 Å². The molecular weight excluding hydrogens is 415 g/mol. The fraction of sp³-hybridized carbons (Fsp3) is 0.522. The highest BCUT2D eigenvalue weighted by Gasteiger charge is 2.32. The van der Waals surface area contributed by atoms with Gasteiger partial charge in [-0.3, -0.25) is 14.7 Å². The van der Waals surface area contributed by atoms with E-state index < -0.39 is 11.7 Å². The minimum absolute atomic E-state index is 0.0356. The number of fused-ring (bicyclic) bond motifs is 2. The Hall–Kier alpha value is -2.35. The number of allylic oxidation sites excluding steroid dienone is 1. The molecule has 31 heavy (non-hydrogen) atoms. The molecule has 0 radical (unpaired) electrons. The van der Waals surface area contributed by atoms with Crippen molar-refractivity contribution in [3.63, 3.8) is 0 Å². The Labute approximate surface area is 185 Å². The molecule has 1 aromatic heterocycles. The zero-order chi connectivity index (χ0) is 21.4. The third-order valence-corrected chi connectivity index (χ3v) is 8.06. The van der Waals surface area contributed by atoms with Gasteiger partial charge in [-0.25, -0.2) is 4.39 Å². The van der Waals surface area contributed by atoms with Crippen LogP contribution < -0.4 is 5.32 Å². The first kappa shape index (κ1) is 20.5. The summed E-state index contributed by atoms with van der Waals surface area (Å²) in [6.45, 7) is 1.82. The van der Waals surface area contributed by atoms with E-state index in [1.807, 2.05) is 16.7 Å². The fourth-order valence-corrected chi connectivity index (χ4v) is 6.42. The second kappa shape index (κ2) is 8.65. The lowest BCUT2D eigenvalue weighted by Gasteiger charge is -2.23. The average molecular weight is 443 g/mol. The largest absolute Gasteiger partial charge is 0.352 e. The van der Waals surface area contributed by atoms with Gasteiger partial charge in [-0.1, -0.05) is 18.9 Å². The molecule has 2 aromatic rings. The van der Waals surface area contributed by atoms with Crippen LogP contribution >= 0.6 is 11.8 Å². The van der Waals surface area contributed by atoms with Gasteiger partial charge in [0, 0.05) is 47.7 Å². The minimum atomic E-state index is -0.559. The molecular formula is C23H27FN4O2S. The normalized spacial score (nSPS) is 23.3. The third kappa shape index (κ3) is 4.10. The number of benzene rings is 1. The molecule has 3 heterocycles. The van der Waals surface area contributed by atoms with E-state index in [4.69, 9.17) is 0 Å². The summed E-state index contributed by atoms with van der Waals surface area (Å²) in [5, 5.41) is 11.6. The van der Waals surface area contributed by atoms with Gasteiger partial charge < -0.3 is 10.2 Å². The number of nitrogens with zero attached hydrogens (tertiary/aromatic N) is 2. The molecule has 1 aliphatic carbocycles. The number of carbonyl (C=O) groups is 2. The SMILES string of the molecule is O=C(NCCCN1CCCC1=O)c1cc2c(C3=CC4CCCCC4S3)n[nH]c2cc1F.